The van der Waals surface area contributed by atoms with Crippen molar-refractivity contribution in [3.63, 3.8) is 0 Å². The molecule has 2 aliphatic heterocycles. The summed E-state index contributed by atoms with van der Waals surface area (Å²) in [4.78, 5) is 35.4. The summed E-state index contributed by atoms with van der Waals surface area (Å²) in [5, 5.41) is 0. The predicted octanol–water partition coefficient (Wildman–Crippen LogP) is 3.70. The Bertz CT molecular complexity index is 1260. The van der Waals surface area contributed by atoms with E-state index in [1.807, 2.05) is 42.5 Å². The fraction of sp³-hybridized carbons (Fsp3) is 0.217. The molecule has 156 valence electrons. The number of pyridine rings is 1. The Morgan fingerprint density at radius 2 is 1.77 bits per heavy atom. The second-order valence-electron chi connectivity index (χ2n) is 7.53. The summed E-state index contributed by atoms with van der Waals surface area (Å²) in [6.45, 7) is 2.12. The molecule has 0 atom stereocenters. The lowest BCUT2D eigenvalue weighted by molar-refractivity contribution is -0.122. The first kappa shape index (κ1) is 20.0. The average molecular weight is 449 g/mol. The van der Waals surface area contributed by atoms with Crippen molar-refractivity contribution in [1.29, 1.82) is 0 Å². The molecule has 0 saturated carbocycles. The Balaban J connectivity index is 1.57. The fourth-order valence-electron chi connectivity index (χ4n) is 3.92. The number of thiocarbonyl (C=S) groups is 1. The highest BCUT2D eigenvalue weighted by Gasteiger charge is 2.33. The van der Waals surface area contributed by atoms with Gasteiger partial charge in [-0.3, -0.25) is 18.9 Å². The lowest BCUT2D eigenvalue weighted by atomic mass is 10.2. The first-order chi connectivity index (χ1) is 15.1. The van der Waals surface area contributed by atoms with Gasteiger partial charge in [0.15, 0.2) is 0 Å². The molecule has 0 unspecified atom stereocenters. The molecule has 5 rings (SSSR count). The zero-order chi connectivity index (χ0) is 21.4. The van der Waals surface area contributed by atoms with Gasteiger partial charge in [0.2, 0.25) is 0 Å². The summed E-state index contributed by atoms with van der Waals surface area (Å²) in [6, 6.07) is 15.2. The molecule has 0 bridgehead atoms. The van der Waals surface area contributed by atoms with Gasteiger partial charge in [0, 0.05) is 19.3 Å². The first-order valence-corrected chi connectivity index (χ1v) is 11.4. The first-order valence-electron chi connectivity index (χ1n) is 10.2. The molecular weight excluding hydrogens is 428 g/mol. The van der Waals surface area contributed by atoms with Gasteiger partial charge in [-0.25, -0.2) is 4.98 Å². The van der Waals surface area contributed by atoms with Crippen LogP contribution in [0.25, 0.3) is 11.7 Å². The fourth-order valence-corrected chi connectivity index (χ4v) is 5.16. The lowest BCUT2D eigenvalue weighted by Crippen LogP contribution is -2.28. The molecule has 0 N–H and O–H groups in total. The second kappa shape index (κ2) is 8.28. The van der Waals surface area contributed by atoms with Gasteiger partial charge in [-0.05, 0) is 36.6 Å². The number of benzene rings is 1. The minimum Gasteiger partial charge on any atom is -0.356 e. The molecule has 2 fully saturated rings. The summed E-state index contributed by atoms with van der Waals surface area (Å²) >= 11 is 6.71. The number of hydrogen-bond donors (Lipinski definition) is 0. The summed E-state index contributed by atoms with van der Waals surface area (Å²) in [5.41, 5.74) is 1.86. The quantitative estimate of drug-likeness (QED) is 0.448. The van der Waals surface area contributed by atoms with Crippen LogP contribution in [0.3, 0.4) is 0 Å². The zero-order valence-electron chi connectivity index (χ0n) is 16.7. The van der Waals surface area contributed by atoms with Crippen LogP contribution in [0.15, 0.2) is 64.4 Å². The Hall–Kier alpha value is -2.97. The van der Waals surface area contributed by atoms with E-state index in [-0.39, 0.29) is 11.5 Å². The number of amides is 1. The number of carbonyl (C=O) groups excluding carboxylic acids is 1. The lowest BCUT2D eigenvalue weighted by Gasteiger charge is -2.19. The normalized spacial score (nSPS) is 18.0. The summed E-state index contributed by atoms with van der Waals surface area (Å²) < 4.78 is 2.02. The molecule has 0 aliphatic carbocycles. The van der Waals surface area contributed by atoms with Crippen molar-refractivity contribution in [2.24, 2.45) is 0 Å². The molecule has 3 aromatic rings. The maximum absolute atomic E-state index is 13.3. The smallest absolute Gasteiger partial charge is 0.267 e. The Kier molecular flexibility index (Phi) is 5.33. The van der Waals surface area contributed by atoms with Gasteiger partial charge in [0.1, 0.15) is 15.8 Å². The van der Waals surface area contributed by atoms with Crippen LogP contribution in [0.2, 0.25) is 0 Å². The molecular formula is C23H20N4O2S2. The van der Waals surface area contributed by atoms with E-state index in [1.165, 1.54) is 16.2 Å². The second-order valence-corrected chi connectivity index (χ2v) is 9.21. The summed E-state index contributed by atoms with van der Waals surface area (Å²) in [7, 11) is 0. The highest BCUT2D eigenvalue weighted by Crippen LogP contribution is 2.34. The van der Waals surface area contributed by atoms with Crippen molar-refractivity contribution in [2.45, 2.75) is 19.4 Å². The number of fused-ring (bicyclic) bond motifs is 1. The van der Waals surface area contributed by atoms with E-state index in [0.29, 0.717) is 32.8 Å². The van der Waals surface area contributed by atoms with Crippen LogP contribution in [0.4, 0.5) is 5.82 Å². The SMILES string of the molecule is O=C1/C(=C\c2c(N3CCCC3)nc3ccccn3c2=O)SC(=S)N1Cc1ccccc1. The van der Waals surface area contributed by atoms with Crippen molar-refractivity contribution >= 4 is 51.7 Å². The van der Waals surface area contributed by atoms with E-state index < -0.39 is 0 Å². The van der Waals surface area contributed by atoms with E-state index in [4.69, 9.17) is 17.2 Å². The molecule has 6 nitrogen and oxygen atoms in total. The number of nitrogens with zero attached hydrogens (tertiary/aromatic N) is 4. The third kappa shape index (κ3) is 3.77. The third-order valence-electron chi connectivity index (χ3n) is 5.49. The van der Waals surface area contributed by atoms with Crippen molar-refractivity contribution < 1.29 is 4.79 Å². The van der Waals surface area contributed by atoms with Gasteiger partial charge in [0.25, 0.3) is 11.5 Å². The molecule has 2 aromatic heterocycles. The van der Waals surface area contributed by atoms with Gasteiger partial charge in [0.05, 0.1) is 17.0 Å². The van der Waals surface area contributed by atoms with Gasteiger partial charge in [-0.1, -0.05) is 60.4 Å². The molecule has 1 amide bonds. The van der Waals surface area contributed by atoms with Crippen LogP contribution < -0.4 is 10.5 Å². The number of hydrogen-bond acceptors (Lipinski definition) is 6. The standard InChI is InChI=1S/C23H20N4O2S2/c28-21-17(20(25-11-6-7-12-25)24-19-10-4-5-13-26(19)21)14-18-22(29)27(23(30)31-18)15-16-8-2-1-3-9-16/h1-5,8-10,13-14H,6-7,11-12,15H2/b18-14+. The van der Waals surface area contributed by atoms with Crippen molar-refractivity contribution in [1.82, 2.24) is 14.3 Å². The van der Waals surface area contributed by atoms with E-state index in [2.05, 4.69) is 4.90 Å². The van der Waals surface area contributed by atoms with Crippen LogP contribution in [0, 0.1) is 0 Å². The van der Waals surface area contributed by atoms with Crippen LogP contribution in [0.5, 0.6) is 0 Å². The number of aromatic nitrogens is 2. The molecule has 8 heteroatoms. The van der Waals surface area contributed by atoms with Crippen LogP contribution >= 0.6 is 24.0 Å². The highest BCUT2D eigenvalue weighted by atomic mass is 32.2. The number of rotatable bonds is 4. The molecule has 0 spiro atoms. The zero-order valence-corrected chi connectivity index (χ0v) is 18.4. The number of carbonyl (C=O) groups is 1. The third-order valence-corrected chi connectivity index (χ3v) is 6.86. The maximum Gasteiger partial charge on any atom is 0.267 e. The average Bonchev–Trinajstić information content (AvgIpc) is 3.41. The van der Waals surface area contributed by atoms with Gasteiger partial charge >= 0.3 is 0 Å². The summed E-state index contributed by atoms with van der Waals surface area (Å²) in [5.74, 6) is 0.464. The summed E-state index contributed by atoms with van der Waals surface area (Å²) in [6.07, 6.45) is 5.51. The number of thioether (sulfide) groups is 1. The molecule has 1 aromatic carbocycles. The Morgan fingerprint density at radius 3 is 2.55 bits per heavy atom. The van der Waals surface area contributed by atoms with Crippen molar-refractivity contribution in [2.75, 3.05) is 18.0 Å². The van der Waals surface area contributed by atoms with Crippen LogP contribution in [0.1, 0.15) is 24.0 Å². The molecule has 2 saturated heterocycles. The van der Waals surface area contributed by atoms with Gasteiger partial charge < -0.3 is 4.90 Å². The van der Waals surface area contributed by atoms with Crippen molar-refractivity contribution in [3.05, 3.63) is 81.1 Å². The van der Waals surface area contributed by atoms with Crippen LogP contribution in [-0.2, 0) is 11.3 Å². The largest absolute Gasteiger partial charge is 0.356 e. The van der Waals surface area contributed by atoms with Gasteiger partial charge in [-0.2, -0.15) is 0 Å². The topological polar surface area (TPSA) is 57.9 Å². The van der Waals surface area contributed by atoms with Crippen LogP contribution in [-0.4, -0.2) is 37.6 Å². The minimum absolute atomic E-state index is 0.177. The Labute approximate surface area is 189 Å². The minimum atomic E-state index is -0.180. The van der Waals surface area contributed by atoms with E-state index in [1.54, 1.807) is 23.2 Å². The Morgan fingerprint density at radius 1 is 1.03 bits per heavy atom. The van der Waals surface area contributed by atoms with Crippen molar-refractivity contribution in [3.8, 4) is 0 Å². The van der Waals surface area contributed by atoms with Gasteiger partial charge in [-0.15, -0.1) is 0 Å². The maximum atomic E-state index is 13.3. The molecule has 2 aliphatic rings. The van der Waals surface area contributed by atoms with E-state index in [0.717, 1.165) is 31.5 Å². The van der Waals surface area contributed by atoms with E-state index >= 15 is 0 Å². The van der Waals surface area contributed by atoms with E-state index in [9.17, 15) is 9.59 Å². The monoisotopic (exact) mass is 448 g/mol. The molecule has 4 heterocycles. The molecule has 31 heavy (non-hydrogen) atoms. The number of anilines is 1. The predicted molar refractivity (Wildman–Crippen MR) is 128 cm³/mol. The highest BCUT2D eigenvalue weighted by molar-refractivity contribution is 8.26. The molecule has 0 radical (unpaired) electrons.